The second kappa shape index (κ2) is 9.77. The van der Waals surface area contributed by atoms with Crippen molar-refractivity contribution in [2.45, 2.75) is 11.3 Å². The lowest BCUT2D eigenvalue weighted by molar-refractivity contribution is -0.115. The molecular formula is C20H14BrCl3N2O4S. The number of sulfonamides is 1. The highest BCUT2D eigenvalue weighted by Gasteiger charge is 2.19. The lowest BCUT2D eigenvalue weighted by Crippen LogP contribution is -2.17. The lowest BCUT2D eigenvalue weighted by atomic mass is 10.1. The Morgan fingerprint density at radius 1 is 1.06 bits per heavy atom. The molecule has 3 N–H and O–H groups in total. The molecule has 0 bridgehead atoms. The molecule has 3 rings (SSSR count). The Hall–Kier alpha value is -1.81. The summed E-state index contributed by atoms with van der Waals surface area (Å²) >= 11 is 21.6. The van der Waals surface area contributed by atoms with Crippen molar-refractivity contribution in [2.75, 3.05) is 5.32 Å². The Kier molecular flexibility index (Phi) is 7.51. The first-order valence-corrected chi connectivity index (χ1v) is 12.0. The highest BCUT2D eigenvalue weighted by atomic mass is 79.9. The van der Waals surface area contributed by atoms with E-state index in [9.17, 15) is 13.2 Å². The molecule has 0 saturated heterocycles. The molecule has 0 heterocycles. The van der Waals surface area contributed by atoms with Gasteiger partial charge in [-0.2, -0.15) is 0 Å². The van der Waals surface area contributed by atoms with E-state index in [0.717, 1.165) is 0 Å². The molecule has 0 aliphatic heterocycles. The number of rotatable bonds is 6. The maximum Gasteiger partial charge on any atom is 0.241 e. The molecule has 0 aliphatic rings. The molecule has 3 aromatic rings. The topological polar surface area (TPSA) is 98.5 Å². The molecule has 3 aromatic carbocycles. The van der Waals surface area contributed by atoms with Crippen molar-refractivity contribution in [3.05, 3.63) is 79.7 Å². The SMILES string of the molecule is NS(=O)(=O)c1cc(NC(=O)Cc2c(Cl)ccc(Br)c2Cl)ccc1Oc1cccc(Cl)c1. The third kappa shape index (κ3) is 6.12. The van der Waals surface area contributed by atoms with Gasteiger partial charge in [0.15, 0.2) is 0 Å². The van der Waals surface area contributed by atoms with Crippen LogP contribution in [0.2, 0.25) is 15.1 Å². The van der Waals surface area contributed by atoms with Crippen molar-refractivity contribution in [1.29, 1.82) is 0 Å². The number of benzene rings is 3. The van der Waals surface area contributed by atoms with Gasteiger partial charge in [-0.3, -0.25) is 4.79 Å². The van der Waals surface area contributed by atoms with Crippen LogP contribution in [-0.2, 0) is 21.2 Å². The number of hydrogen-bond donors (Lipinski definition) is 2. The number of carbonyl (C=O) groups excluding carboxylic acids is 1. The second-order valence-corrected chi connectivity index (χ2v) is 9.92. The fourth-order valence-corrected chi connectivity index (χ4v) is 4.38. The molecule has 1 amide bonds. The molecule has 0 saturated carbocycles. The Balaban J connectivity index is 1.86. The van der Waals surface area contributed by atoms with Crippen LogP contribution in [0.3, 0.4) is 0 Å². The van der Waals surface area contributed by atoms with Crippen LogP contribution in [0.15, 0.2) is 64.0 Å². The highest BCUT2D eigenvalue weighted by molar-refractivity contribution is 9.10. The van der Waals surface area contributed by atoms with E-state index < -0.39 is 15.9 Å². The number of anilines is 1. The number of halogens is 4. The van der Waals surface area contributed by atoms with Gasteiger partial charge in [-0.15, -0.1) is 0 Å². The van der Waals surface area contributed by atoms with Crippen LogP contribution in [0, 0.1) is 0 Å². The van der Waals surface area contributed by atoms with E-state index in [2.05, 4.69) is 21.2 Å². The molecule has 0 fully saturated rings. The zero-order valence-corrected chi connectivity index (χ0v) is 20.2. The quantitative estimate of drug-likeness (QED) is 0.357. The average molecular weight is 565 g/mol. The van der Waals surface area contributed by atoms with E-state index in [1.54, 1.807) is 30.3 Å². The number of nitrogens with one attached hydrogen (secondary N) is 1. The van der Waals surface area contributed by atoms with E-state index in [1.165, 1.54) is 24.3 Å². The maximum absolute atomic E-state index is 12.5. The highest BCUT2D eigenvalue weighted by Crippen LogP contribution is 2.33. The summed E-state index contributed by atoms with van der Waals surface area (Å²) in [5, 5.41) is 9.01. The van der Waals surface area contributed by atoms with E-state index >= 15 is 0 Å². The van der Waals surface area contributed by atoms with Crippen LogP contribution in [0.25, 0.3) is 0 Å². The van der Waals surface area contributed by atoms with Gasteiger partial charge in [0, 0.05) is 20.2 Å². The normalized spacial score (nSPS) is 11.3. The fraction of sp³-hybridized carbons (Fsp3) is 0.0500. The Morgan fingerprint density at radius 3 is 2.48 bits per heavy atom. The average Bonchev–Trinajstić information content (AvgIpc) is 2.69. The van der Waals surface area contributed by atoms with Gasteiger partial charge in [0.1, 0.15) is 16.4 Å². The van der Waals surface area contributed by atoms with Crippen LogP contribution < -0.4 is 15.2 Å². The second-order valence-electron chi connectivity index (χ2n) is 6.31. The van der Waals surface area contributed by atoms with Crippen molar-refractivity contribution in [3.63, 3.8) is 0 Å². The van der Waals surface area contributed by atoms with E-state index in [1.807, 2.05) is 0 Å². The zero-order valence-electron chi connectivity index (χ0n) is 15.5. The molecule has 0 atom stereocenters. The maximum atomic E-state index is 12.5. The summed E-state index contributed by atoms with van der Waals surface area (Å²) in [7, 11) is -4.16. The Morgan fingerprint density at radius 2 is 1.81 bits per heavy atom. The summed E-state index contributed by atoms with van der Waals surface area (Å²) in [6.45, 7) is 0. The van der Waals surface area contributed by atoms with Gasteiger partial charge < -0.3 is 10.1 Å². The number of amides is 1. The molecule has 31 heavy (non-hydrogen) atoms. The summed E-state index contributed by atoms with van der Waals surface area (Å²) < 4.78 is 30.4. The van der Waals surface area contributed by atoms with E-state index in [0.29, 0.717) is 30.9 Å². The minimum absolute atomic E-state index is 0.0131. The zero-order chi connectivity index (χ0) is 22.8. The van der Waals surface area contributed by atoms with Crippen LogP contribution >= 0.6 is 50.7 Å². The first-order valence-electron chi connectivity index (χ1n) is 8.57. The predicted molar refractivity (Wildman–Crippen MR) is 126 cm³/mol. The number of hydrogen-bond acceptors (Lipinski definition) is 4. The molecule has 0 aliphatic carbocycles. The summed E-state index contributed by atoms with van der Waals surface area (Å²) in [6, 6.07) is 13.8. The first-order chi connectivity index (χ1) is 14.5. The largest absolute Gasteiger partial charge is 0.456 e. The molecule has 0 radical (unpaired) electrons. The summed E-state index contributed by atoms with van der Waals surface area (Å²) in [5.41, 5.74) is 0.637. The van der Waals surface area contributed by atoms with Gasteiger partial charge >= 0.3 is 0 Å². The van der Waals surface area contributed by atoms with Crippen LogP contribution in [-0.4, -0.2) is 14.3 Å². The van der Waals surface area contributed by atoms with Gasteiger partial charge in [0.2, 0.25) is 15.9 Å². The molecular weight excluding hydrogens is 551 g/mol. The molecule has 162 valence electrons. The van der Waals surface area contributed by atoms with Crippen LogP contribution in [0.4, 0.5) is 5.69 Å². The third-order valence-corrected chi connectivity index (χ3v) is 6.88. The monoisotopic (exact) mass is 562 g/mol. The van der Waals surface area contributed by atoms with Gasteiger partial charge in [0.05, 0.1) is 11.4 Å². The smallest absolute Gasteiger partial charge is 0.241 e. The molecule has 0 unspecified atom stereocenters. The Bertz CT molecular complexity index is 1270. The number of ether oxygens (including phenoxy) is 1. The van der Waals surface area contributed by atoms with E-state index in [4.69, 9.17) is 44.7 Å². The minimum Gasteiger partial charge on any atom is -0.456 e. The standard InChI is InChI=1S/C20H14BrCl3N2O4S/c21-15-5-6-16(23)14(20(15)24)10-19(27)26-12-4-7-17(18(9-12)31(25,28)29)30-13-3-1-2-11(22)8-13/h1-9H,10H2,(H,26,27)(H2,25,28,29). The third-order valence-electron chi connectivity index (χ3n) is 4.03. The van der Waals surface area contributed by atoms with Crippen molar-refractivity contribution in [3.8, 4) is 11.5 Å². The number of nitrogens with two attached hydrogens (primary N) is 1. The molecule has 11 heteroatoms. The van der Waals surface area contributed by atoms with Gasteiger partial charge in [-0.1, -0.05) is 40.9 Å². The van der Waals surface area contributed by atoms with E-state index in [-0.39, 0.29) is 22.8 Å². The Labute approximate surface area is 202 Å². The molecule has 6 nitrogen and oxygen atoms in total. The lowest BCUT2D eigenvalue weighted by Gasteiger charge is -2.13. The summed E-state index contributed by atoms with van der Waals surface area (Å²) in [4.78, 5) is 12.2. The predicted octanol–water partition coefficient (Wildman–Crippen LogP) is 6.03. The molecule has 0 spiro atoms. The van der Waals surface area contributed by atoms with Gasteiger partial charge in [-0.05, 0) is 70.0 Å². The van der Waals surface area contributed by atoms with Crippen LogP contribution in [0.5, 0.6) is 11.5 Å². The summed E-state index contributed by atoms with van der Waals surface area (Å²) in [5.74, 6) is -0.139. The van der Waals surface area contributed by atoms with Crippen molar-refractivity contribution < 1.29 is 17.9 Å². The number of primary sulfonamides is 1. The minimum atomic E-state index is -4.16. The fourth-order valence-electron chi connectivity index (χ4n) is 2.65. The number of carbonyl (C=O) groups is 1. The van der Waals surface area contributed by atoms with Gasteiger partial charge in [0.25, 0.3) is 0 Å². The summed E-state index contributed by atoms with van der Waals surface area (Å²) in [6.07, 6.45) is -0.122. The van der Waals surface area contributed by atoms with Crippen molar-refractivity contribution >= 4 is 72.4 Å². The van der Waals surface area contributed by atoms with Gasteiger partial charge in [-0.25, -0.2) is 13.6 Å². The van der Waals surface area contributed by atoms with Crippen LogP contribution in [0.1, 0.15) is 5.56 Å². The van der Waals surface area contributed by atoms with Crippen molar-refractivity contribution in [2.24, 2.45) is 5.14 Å². The first kappa shape index (κ1) is 23.8. The molecule has 0 aromatic heterocycles. The van der Waals surface area contributed by atoms with Crippen molar-refractivity contribution in [1.82, 2.24) is 0 Å².